The van der Waals surface area contributed by atoms with Gasteiger partial charge in [0.25, 0.3) is 17.1 Å². The summed E-state index contributed by atoms with van der Waals surface area (Å²) in [7, 11) is 0. The number of phenols is 3. The minimum absolute atomic E-state index is 0.0362. The molecule has 15 nitrogen and oxygen atoms in total. The van der Waals surface area contributed by atoms with E-state index in [0.29, 0.717) is 67.3 Å². The van der Waals surface area contributed by atoms with E-state index in [9.17, 15) is 45.7 Å². The summed E-state index contributed by atoms with van der Waals surface area (Å²) in [5.74, 6) is 1.86. The summed E-state index contributed by atoms with van der Waals surface area (Å²) in [6.45, 7) is 38.8. The van der Waals surface area contributed by atoms with E-state index in [2.05, 4.69) is 197 Å². The van der Waals surface area contributed by atoms with E-state index in [0.717, 1.165) is 66.8 Å². The SMILES string of the molecule is CC(C)(C)c1cc2c(O)c(c1)Cc1cc(C(C)(C)C)cc(c1OCc1ccc([N+](=O)[O-])cc1)Cc1cc(C(C)(C)C)cc(c1O)Cc1cc(C(C)(C)C)cc(c1OCc1ccc([N+](=O)[O-])cc1)Cc1cc(C(C)(C)C)cc(c1O)Cc1cc(C(C)(C)C)cc(c1OCc1ccc([N+](=O)[O-])cc1)C2. The number of phenolic OH excluding ortho intramolecular Hbond substituents is 3. The lowest BCUT2D eigenvalue weighted by molar-refractivity contribution is -0.385. The van der Waals surface area contributed by atoms with Crippen molar-refractivity contribution in [2.24, 2.45) is 0 Å². The molecule has 0 atom stereocenters. The average molecular weight is 1380 g/mol. The number of rotatable bonds is 12. The van der Waals surface area contributed by atoms with Crippen LogP contribution in [0, 0.1) is 30.3 Å². The van der Waals surface area contributed by atoms with Crippen LogP contribution >= 0.6 is 0 Å². The molecule has 9 aromatic rings. The first-order valence-electron chi connectivity index (χ1n) is 35.1. The van der Waals surface area contributed by atoms with Gasteiger partial charge in [-0.2, -0.15) is 0 Å². The van der Waals surface area contributed by atoms with Gasteiger partial charge >= 0.3 is 0 Å². The minimum atomic E-state index is -0.430. The number of fused-ring (bicyclic) bond motifs is 12. The van der Waals surface area contributed by atoms with Crippen molar-refractivity contribution in [3.63, 3.8) is 0 Å². The quantitative estimate of drug-likeness (QED) is 0.0769. The molecule has 0 unspecified atom stereocenters. The first-order chi connectivity index (χ1) is 47.5. The second-order valence-corrected chi connectivity index (χ2v) is 34.0. The standard InChI is InChI=1S/C87H99N3O12/c1-82(2,3)67-37-55-31-61-43-70(85(10,11)12)45-63(79(61)100-49-52-19-25-73(26-20-52)88(94)95)33-57-39-68(83(4,5)6)41-59(77(57)92)35-65-47-72(87(16,17)18)48-66(81(65)102-51-54-23-29-75(30-24-54)90(98)99)36-60-42-69(84(7,8)9)40-58(78(60)93)34-64-46-71(86(13,14)15)44-62(32-56(38-67)76(55)91)80(64)101-50-53-21-27-74(28-22-53)89(96)97/h19-30,37-48,91-93H,31-36,49-51H2,1-18H3. The van der Waals surface area contributed by atoms with Crippen molar-refractivity contribution >= 4 is 17.1 Å². The molecule has 10 rings (SSSR count). The molecule has 9 aromatic carbocycles. The van der Waals surface area contributed by atoms with E-state index < -0.39 is 47.3 Å². The fraction of sp³-hybridized carbons (Fsp3) is 0.379. The highest BCUT2D eigenvalue weighted by molar-refractivity contribution is 5.62. The molecule has 3 N–H and O–H groups in total. The van der Waals surface area contributed by atoms with Crippen molar-refractivity contribution in [1.82, 2.24) is 0 Å². The minimum Gasteiger partial charge on any atom is -0.507 e. The molecule has 0 heterocycles. The Morgan fingerprint density at radius 1 is 0.275 bits per heavy atom. The fourth-order valence-electron chi connectivity index (χ4n) is 13.1. The van der Waals surface area contributed by atoms with Gasteiger partial charge < -0.3 is 29.5 Å². The van der Waals surface area contributed by atoms with E-state index in [1.807, 2.05) is 0 Å². The number of nitro groups is 3. The number of non-ortho nitro benzene ring substituents is 3. The first-order valence-corrected chi connectivity index (χ1v) is 35.1. The Kier molecular flexibility index (Phi) is 20.8. The van der Waals surface area contributed by atoms with E-state index in [1.54, 1.807) is 36.4 Å². The van der Waals surface area contributed by atoms with Crippen LogP contribution in [-0.4, -0.2) is 30.1 Å². The van der Waals surface area contributed by atoms with Gasteiger partial charge in [0.05, 0.1) is 14.8 Å². The highest BCUT2D eigenvalue weighted by Gasteiger charge is 2.31. The van der Waals surface area contributed by atoms with Gasteiger partial charge in [-0.3, -0.25) is 30.3 Å². The molecule has 0 amide bonds. The maximum Gasteiger partial charge on any atom is 0.269 e. The third kappa shape index (κ3) is 17.3. The lowest BCUT2D eigenvalue weighted by Crippen LogP contribution is -2.16. The van der Waals surface area contributed by atoms with Crippen LogP contribution in [0.15, 0.2) is 146 Å². The largest absolute Gasteiger partial charge is 0.507 e. The lowest BCUT2D eigenvalue weighted by Gasteiger charge is -2.28. The molecule has 0 aliphatic heterocycles. The number of hydrogen-bond donors (Lipinski definition) is 3. The van der Waals surface area contributed by atoms with Gasteiger partial charge in [-0.25, -0.2) is 0 Å². The molecule has 1 aliphatic carbocycles. The zero-order valence-corrected chi connectivity index (χ0v) is 62.6. The van der Waals surface area contributed by atoms with Crippen molar-refractivity contribution in [2.45, 2.75) is 215 Å². The zero-order chi connectivity index (χ0) is 74.5. The zero-order valence-electron chi connectivity index (χ0n) is 62.6. The summed E-state index contributed by atoms with van der Waals surface area (Å²) >= 11 is 0. The maximum atomic E-state index is 13.3. The summed E-state index contributed by atoms with van der Waals surface area (Å²) in [5.41, 5.74) is 13.8. The van der Waals surface area contributed by atoms with Crippen LogP contribution < -0.4 is 14.2 Å². The Balaban J connectivity index is 1.31. The number of hydrogen-bond acceptors (Lipinski definition) is 12. The van der Waals surface area contributed by atoms with Crippen LogP contribution in [0.2, 0.25) is 0 Å². The molecule has 102 heavy (non-hydrogen) atoms. The molecular weight excluding hydrogens is 1280 g/mol. The Morgan fingerprint density at radius 2 is 0.422 bits per heavy atom. The normalized spacial score (nSPS) is 13.2. The molecule has 12 bridgehead atoms. The van der Waals surface area contributed by atoms with E-state index in [-0.39, 0.29) is 92.7 Å². The summed E-state index contributed by atoms with van der Waals surface area (Å²) < 4.78 is 21.4. The van der Waals surface area contributed by atoms with E-state index >= 15 is 0 Å². The Hall–Kier alpha value is -10.0. The average Bonchev–Trinajstić information content (AvgIpc) is 0.773. The monoisotopic (exact) mass is 1380 g/mol. The van der Waals surface area contributed by atoms with Gasteiger partial charge in [0, 0.05) is 74.9 Å². The summed E-state index contributed by atoms with van der Waals surface area (Å²) in [6.07, 6.45) is 1.20. The van der Waals surface area contributed by atoms with Gasteiger partial charge in [0.15, 0.2) is 0 Å². The van der Waals surface area contributed by atoms with Gasteiger partial charge in [0.1, 0.15) is 54.3 Å². The third-order valence-electron chi connectivity index (χ3n) is 19.6. The van der Waals surface area contributed by atoms with Crippen molar-refractivity contribution in [3.8, 4) is 34.5 Å². The van der Waals surface area contributed by atoms with Gasteiger partial charge in [-0.15, -0.1) is 0 Å². The van der Waals surface area contributed by atoms with Crippen molar-refractivity contribution in [2.75, 3.05) is 0 Å². The highest BCUT2D eigenvalue weighted by atomic mass is 16.6. The number of nitrogens with zero attached hydrogens (tertiary/aromatic N) is 3. The van der Waals surface area contributed by atoms with Crippen LogP contribution in [0.5, 0.6) is 34.5 Å². The maximum absolute atomic E-state index is 13.3. The molecule has 534 valence electrons. The van der Waals surface area contributed by atoms with Crippen molar-refractivity contribution < 1.29 is 44.3 Å². The molecule has 0 aromatic heterocycles. The van der Waals surface area contributed by atoms with E-state index in [1.165, 1.54) is 36.4 Å². The van der Waals surface area contributed by atoms with Gasteiger partial charge in [-0.05, 0) is 186 Å². The number of nitro benzene ring substituents is 3. The molecular formula is C87H99N3O12. The topological polar surface area (TPSA) is 218 Å². The van der Waals surface area contributed by atoms with Crippen LogP contribution in [0.3, 0.4) is 0 Å². The number of benzene rings is 9. The number of aromatic hydroxyl groups is 3. The molecule has 0 saturated heterocycles. The second kappa shape index (κ2) is 28.4. The van der Waals surface area contributed by atoms with Crippen molar-refractivity contribution in [3.05, 3.63) is 293 Å². The third-order valence-corrected chi connectivity index (χ3v) is 19.6. The van der Waals surface area contributed by atoms with Gasteiger partial charge in [0.2, 0.25) is 0 Å². The Labute approximate surface area is 601 Å². The molecule has 0 radical (unpaired) electrons. The van der Waals surface area contributed by atoms with Crippen LogP contribution in [0.4, 0.5) is 17.1 Å². The van der Waals surface area contributed by atoms with Crippen LogP contribution in [0.1, 0.15) is 241 Å². The highest BCUT2D eigenvalue weighted by Crippen LogP contribution is 2.46. The Morgan fingerprint density at radius 3 is 0.559 bits per heavy atom. The molecule has 0 saturated carbocycles. The molecule has 0 fully saturated rings. The first kappa shape index (κ1) is 74.7. The smallest absolute Gasteiger partial charge is 0.269 e. The molecule has 1 aliphatic rings. The van der Waals surface area contributed by atoms with E-state index in [4.69, 9.17) is 14.2 Å². The number of ether oxygens (including phenoxy) is 3. The second-order valence-electron chi connectivity index (χ2n) is 34.0. The fourth-order valence-corrected chi connectivity index (χ4v) is 13.1. The lowest BCUT2D eigenvalue weighted by atomic mass is 9.79. The molecule has 0 spiro atoms. The molecule has 15 heteroatoms. The summed E-state index contributed by atoms with van der Waals surface area (Å²) in [6, 6.07) is 44.3. The Bertz CT molecular complexity index is 4060. The predicted molar refractivity (Wildman–Crippen MR) is 405 cm³/mol. The predicted octanol–water partition coefficient (Wildman–Crippen LogP) is 20.9. The van der Waals surface area contributed by atoms with Crippen molar-refractivity contribution in [1.29, 1.82) is 0 Å². The summed E-state index contributed by atoms with van der Waals surface area (Å²) in [5, 5.41) is 75.6. The summed E-state index contributed by atoms with van der Waals surface area (Å²) in [4.78, 5) is 34.4. The van der Waals surface area contributed by atoms with Crippen LogP contribution in [0.25, 0.3) is 0 Å². The van der Waals surface area contributed by atoms with Crippen LogP contribution in [-0.2, 0) is 90.8 Å². The van der Waals surface area contributed by atoms with Gasteiger partial charge in [-0.1, -0.05) is 197 Å².